The van der Waals surface area contributed by atoms with Crippen LogP contribution in [0.15, 0.2) is 0 Å². The molecule has 6 nitrogen and oxygen atoms in total. The molecule has 6 heteroatoms. The first-order valence-electron chi connectivity index (χ1n) is 6.41. The Morgan fingerprint density at radius 3 is 2.61 bits per heavy atom. The number of rotatable bonds is 2. The average molecular weight is 251 g/mol. The predicted octanol–water partition coefficient (Wildman–Crippen LogP) is -0.109. The van der Waals surface area contributed by atoms with Gasteiger partial charge in [0.05, 0.1) is 0 Å². The largest absolute Gasteiger partial charge is 0.338 e. The molecule has 0 aromatic heterocycles. The maximum Gasteiger partial charge on any atom is 0.327 e. The average Bonchev–Trinajstić information content (AvgIpc) is 3.00. The van der Waals surface area contributed by atoms with Gasteiger partial charge >= 0.3 is 6.03 Å². The minimum atomic E-state index is -0.363. The van der Waals surface area contributed by atoms with Gasteiger partial charge in [0.1, 0.15) is 13.1 Å². The second-order valence-electron chi connectivity index (χ2n) is 5.50. The number of fused-ring (bicyclic) bond motifs is 2. The molecule has 0 spiro atoms. The minimum absolute atomic E-state index is 0.0815. The summed E-state index contributed by atoms with van der Waals surface area (Å²) >= 11 is 0. The Bertz CT molecular complexity index is 423. The van der Waals surface area contributed by atoms with E-state index in [-0.39, 0.29) is 30.9 Å². The molecule has 3 aliphatic rings. The predicted molar refractivity (Wildman–Crippen MR) is 62.6 cm³/mol. The maximum absolute atomic E-state index is 12.2. The van der Waals surface area contributed by atoms with Gasteiger partial charge in [-0.25, -0.2) is 4.79 Å². The smallest absolute Gasteiger partial charge is 0.327 e. The summed E-state index contributed by atoms with van der Waals surface area (Å²) in [5.41, 5.74) is 0. The fourth-order valence-corrected chi connectivity index (χ4v) is 3.28. The monoisotopic (exact) mass is 251 g/mol. The molecule has 0 aromatic rings. The molecular formula is C12H17N3O3. The lowest BCUT2D eigenvalue weighted by molar-refractivity contribution is -0.137. The molecular weight excluding hydrogens is 234 g/mol. The second-order valence-corrected chi connectivity index (χ2v) is 5.50. The Balaban J connectivity index is 1.65. The molecule has 2 heterocycles. The van der Waals surface area contributed by atoms with Gasteiger partial charge in [-0.05, 0) is 25.2 Å². The fraction of sp³-hybridized carbons (Fsp3) is 0.750. The lowest BCUT2D eigenvalue weighted by Crippen LogP contribution is -2.46. The molecule has 2 aliphatic heterocycles. The summed E-state index contributed by atoms with van der Waals surface area (Å²) in [5.74, 6) is 0.269. The van der Waals surface area contributed by atoms with Gasteiger partial charge in [-0.2, -0.15) is 0 Å². The van der Waals surface area contributed by atoms with Crippen LogP contribution >= 0.6 is 0 Å². The van der Waals surface area contributed by atoms with Gasteiger partial charge in [0.25, 0.3) is 5.91 Å². The molecule has 0 unspecified atom stereocenters. The number of amides is 4. The third-order valence-corrected chi connectivity index (χ3v) is 4.25. The number of hydrogen-bond acceptors (Lipinski definition) is 3. The number of carbonyl (C=O) groups excluding carboxylic acids is 3. The zero-order valence-electron chi connectivity index (χ0n) is 10.5. The Kier molecular flexibility index (Phi) is 2.53. The van der Waals surface area contributed by atoms with E-state index in [2.05, 4.69) is 0 Å². The Labute approximate surface area is 106 Å². The zero-order valence-corrected chi connectivity index (χ0v) is 10.5. The van der Waals surface area contributed by atoms with Crippen LogP contribution in [0.5, 0.6) is 0 Å². The Hall–Kier alpha value is -1.59. The number of piperidine rings is 1. The van der Waals surface area contributed by atoms with Crippen LogP contribution in [0.4, 0.5) is 4.79 Å². The van der Waals surface area contributed by atoms with Crippen molar-refractivity contribution in [2.75, 3.05) is 26.7 Å². The molecule has 1 saturated carbocycles. The molecule has 2 saturated heterocycles. The molecule has 98 valence electrons. The van der Waals surface area contributed by atoms with Crippen LogP contribution in [0.3, 0.4) is 0 Å². The van der Waals surface area contributed by atoms with E-state index < -0.39 is 0 Å². The Morgan fingerprint density at radius 1 is 1.33 bits per heavy atom. The van der Waals surface area contributed by atoms with E-state index in [1.807, 2.05) is 4.90 Å². The fourth-order valence-electron chi connectivity index (χ4n) is 3.28. The molecule has 0 radical (unpaired) electrons. The molecule has 3 fully saturated rings. The number of likely N-dealkylation sites (tertiary alicyclic amines) is 1. The molecule has 2 atom stereocenters. The SMILES string of the molecule is CN1CC(=O)N(CC(=O)N2C[C@H]3CC[C@H]2C3)C1=O. The third-order valence-electron chi connectivity index (χ3n) is 4.25. The summed E-state index contributed by atoms with van der Waals surface area (Å²) in [5, 5.41) is 0. The first kappa shape index (κ1) is 11.5. The van der Waals surface area contributed by atoms with Gasteiger partial charge in [0.2, 0.25) is 5.91 Å². The standard InChI is InChI=1S/C12H17N3O3/c1-13-6-10(16)15(12(13)18)7-11(17)14-5-8-2-3-9(14)4-8/h8-9H,2-7H2,1H3/t8-,9-/m0/s1. The van der Waals surface area contributed by atoms with E-state index in [0.717, 1.165) is 24.3 Å². The quantitative estimate of drug-likeness (QED) is 0.643. The van der Waals surface area contributed by atoms with Crippen LogP contribution in [-0.4, -0.2) is 65.3 Å². The highest BCUT2D eigenvalue weighted by molar-refractivity contribution is 6.04. The molecule has 4 amide bonds. The van der Waals surface area contributed by atoms with Crippen LogP contribution in [0.2, 0.25) is 0 Å². The highest BCUT2D eigenvalue weighted by Gasteiger charge is 2.42. The van der Waals surface area contributed by atoms with Crippen molar-refractivity contribution in [3.63, 3.8) is 0 Å². The number of hydrogen-bond donors (Lipinski definition) is 0. The van der Waals surface area contributed by atoms with E-state index in [1.165, 1.54) is 11.3 Å². The molecule has 18 heavy (non-hydrogen) atoms. The van der Waals surface area contributed by atoms with E-state index >= 15 is 0 Å². The molecule has 0 N–H and O–H groups in total. The summed E-state index contributed by atoms with van der Waals surface area (Å²) in [4.78, 5) is 39.7. The normalized spacial score (nSPS) is 30.8. The summed E-state index contributed by atoms with van der Waals surface area (Å²) < 4.78 is 0. The van der Waals surface area contributed by atoms with Crippen molar-refractivity contribution >= 4 is 17.8 Å². The highest BCUT2D eigenvalue weighted by atomic mass is 16.2. The van der Waals surface area contributed by atoms with Gasteiger partial charge in [-0.15, -0.1) is 0 Å². The number of nitrogens with zero attached hydrogens (tertiary/aromatic N) is 3. The van der Waals surface area contributed by atoms with Gasteiger partial charge in [-0.3, -0.25) is 14.5 Å². The van der Waals surface area contributed by atoms with Crippen molar-refractivity contribution in [3.8, 4) is 0 Å². The van der Waals surface area contributed by atoms with Crippen LogP contribution in [0.25, 0.3) is 0 Å². The lowest BCUT2D eigenvalue weighted by atomic mass is 10.1. The van der Waals surface area contributed by atoms with Crippen molar-refractivity contribution < 1.29 is 14.4 Å². The van der Waals surface area contributed by atoms with Crippen LogP contribution < -0.4 is 0 Å². The van der Waals surface area contributed by atoms with Crippen LogP contribution in [0.1, 0.15) is 19.3 Å². The number of likely N-dealkylation sites (N-methyl/N-ethyl adjacent to an activating group) is 1. The van der Waals surface area contributed by atoms with Crippen molar-refractivity contribution in [2.45, 2.75) is 25.3 Å². The van der Waals surface area contributed by atoms with Crippen molar-refractivity contribution in [1.29, 1.82) is 0 Å². The van der Waals surface area contributed by atoms with E-state index in [9.17, 15) is 14.4 Å². The van der Waals surface area contributed by atoms with Crippen LogP contribution in [-0.2, 0) is 9.59 Å². The lowest BCUT2D eigenvalue weighted by Gasteiger charge is -2.28. The second kappa shape index (κ2) is 3.96. The van der Waals surface area contributed by atoms with Crippen molar-refractivity contribution in [2.24, 2.45) is 5.92 Å². The first-order chi connectivity index (χ1) is 8.56. The summed E-state index contributed by atoms with van der Waals surface area (Å²) in [7, 11) is 1.57. The number of urea groups is 1. The van der Waals surface area contributed by atoms with E-state index in [0.29, 0.717) is 12.0 Å². The molecule has 1 aliphatic carbocycles. The molecule has 0 aromatic carbocycles. The highest BCUT2D eigenvalue weighted by Crippen LogP contribution is 2.37. The zero-order chi connectivity index (χ0) is 12.9. The number of carbonyl (C=O) groups is 3. The van der Waals surface area contributed by atoms with E-state index in [1.54, 1.807) is 7.05 Å². The minimum Gasteiger partial charge on any atom is -0.338 e. The van der Waals surface area contributed by atoms with Gasteiger partial charge in [0.15, 0.2) is 0 Å². The summed E-state index contributed by atoms with van der Waals surface area (Å²) in [6, 6.07) is -0.0225. The van der Waals surface area contributed by atoms with Crippen molar-refractivity contribution in [1.82, 2.24) is 14.7 Å². The van der Waals surface area contributed by atoms with Crippen molar-refractivity contribution in [3.05, 3.63) is 0 Å². The van der Waals surface area contributed by atoms with Gasteiger partial charge in [0, 0.05) is 19.6 Å². The van der Waals surface area contributed by atoms with Crippen LogP contribution in [0, 0.1) is 5.92 Å². The molecule has 2 bridgehead atoms. The topological polar surface area (TPSA) is 60.9 Å². The van der Waals surface area contributed by atoms with E-state index in [4.69, 9.17) is 0 Å². The summed E-state index contributed by atoms with van der Waals surface area (Å²) in [6.07, 6.45) is 3.37. The van der Waals surface area contributed by atoms with Gasteiger partial charge in [-0.1, -0.05) is 0 Å². The number of imide groups is 1. The third kappa shape index (κ3) is 1.67. The summed E-state index contributed by atoms with van der Waals surface area (Å²) in [6.45, 7) is 0.791. The Morgan fingerprint density at radius 2 is 2.11 bits per heavy atom. The molecule has 3 rings (SSSR count). The first-order valence-corrected chi connectivity index (χ1v) is 6.41. The maximum atomic E-state index is 12.2. The van der Waals surface area contributed by atoms with Gasteiger partial charge < -0.3 is 9.80 Å².